The summed E-state index contributed by atoms with van der Waals surface area (Å²) in [4.78, 5) is 14.2. The lowest BCUT2D eigenvalue weighted by Crippen LogP contribution is -2.41. The van der Waals surface area contributed by atoms with Gasteiger partial charge in [0.2, 0.25) is 5.91 Å². The maximum Gasteiger partial charge on any atom is 0.221 e. The molecule has 1 aliphatic heterocycles. The average Bonchev–Trinajstić information content (AvgIpc) is 2.61. The lowest BCUT2D eigenvalue weighted by atomic mass is 10.2. The minimum atomic E-state index is 0. The van der Waals surface area contributed by atoms with Gasteiger partial charge in [0, 0.05) is 43.6 Å². The molecule has 1 amide bonds. The highest BCUT2D eigenvalue weighted by atomic mass is 35.5. The maximum absolute atomic E-state index is 12.1. The van der Waals surface area contributed by atoms with Gasteiger partial charge in [-0.05, 0) is 31.8 Å². The average molecular weight is 440 g/mol. The maximum atomic E-state index is 12.1. The van der Waals surface area contributed by atoms with Gasteiger partial charge >= 0.3 is 0 Å². The highest BCUT2D eigenvalue weighted by Gasteiger charge is 2.16. The highest BCUT2D eigenvalue weighted by Crippen LogP contribution is 2.28. The van der Waals surface area contributed by atoms with Crippen molar-refractivity contribution < 1.29 is 14.3 Å². The molecule has 0 radical (unpaired) electrons. The minimum absolute atomic E-state index is 0. The first kappa shape index (κ1) is 26.1. The smallest absolute Gasteiger partial charge is 0.221 e. The molecule has 1 fully saturated rings. The Morgan fingerprint density at radius 3 is 2.74 bits per heavy atom. The zero-order valence-corrected chi connectivity index (χ0v) is 18.6. The van der Waals surface area contributed by atoms with Crippen molar-refractivity contribution in [3.8, 4) is 11.5 Å². The van der Waals surface area contributed by atoms with Gasteiger partial charge in [0.05, 0.1) is 7.11 Å². The molecule has 1 aliphatic rings. The number of hydrogen-bond acceptors (Lipinski definition) is 6. The lowest BCUT2D eigenvalue weighted by Gasteiger charge is -2.22. The molecule has 1 heterocycles. The van der Waals surface area contributed by atoms with E-state index in [9.17, 15) is 4.79 Å². The minimum Gasteiger partial charge on any atom is -0.493 e. The summed E-state index contributed by atoms with van der Waals surface area (Å²) >= 11 is 1.90. The number of nitrogens with zero attached hydrogens (tertiary/aromatic N) is 1. The van der Waals surface area contributed by atoms with E-state index in [1.807, 2.05) is 44.1 Å². The Morgan fingerprint density at radius 2 is 2.11 bits per heavy atom. The second-order valence-corrected chi connectivity index (χ2v) is 7.49. The van der Waals surface area contributed by atoms with Crippen LogP contribution in [-0.2, 0) is 11.3 Å². The van der Waals surface area contributed by atoms with E-state index < -0.39 is 0 Å². The van der Waals surface area contributed by atoms with Crippen LogP contribution < -0.4 is 20.1 Å². The van der Waals surface area contributed by atoms with Crippen LogP contribution in [0.3, 0.4) is 0 Å². The normalized spacial score (nSPS) is 16.1. The molecule has 1 aromatic rings. The molecule has 0 saturated carbocycles. The monoisotopic (exact) mass is 439 g/mol. The number of carbonyl (C=O) groups excluding carboxylic acids is 1. The summed E-state index contributed by atoms with van der Waals surface area (Å²) in [6.07, 6.45) is 0.524. The number of nitrogens with one attached hydrogen (secondary N) is 2. The number of rotatable bonds is 9. The van der Waals surface area contributed by atoms with Crippen molar-refractivity contribution in [2.24, 2.45) is 0 Å². The summed E-state index contributed by atoms with van der Waals surface area (Å²) in [5.41, 5.74) is 0.996. The van der Waals surface area contributed by atoms with E-state index in [4.69, 9.17) is 9.47 Å². The van der Waals surface area contributed by atoms with E-state index in [-0.39, 0.29) is 36.8 Å². The van der Waals surface area contributed by atoms with E-state index in [1.165, 1.54) is 0 Å². The topological polar surface area (TPSA) is 62.8 Å². The number of benzene rings is 1. The van der Waals surface area contributed by atoms with Crippen LogP contribution in [0, 0.1) is 0 Å². The van der Waals surface area contributed by atoms with Gasteiger partial charge in [-0.3, -0.25) is 4.79 Å². The van der Waals surface area contributed by atoms with Crippen LogP contribution in [0.15, 0.2) is 18.2 Å². The fraction of sp³-hybridized carbons (Fsp3) is 0.611. The third-order valence-corrected chi connectivity index (χ3v) is 5.07. The van der Waals surface area contributed by atoms with Gasteiger partial charge in [-0.15, -0.1) is 24.8 Å². The van der Waals surface area contributed by atoms with Crippen LogP contribution in [0.5, 0.6) is 11.5 Å². The predicted molar refractivity (Wildman–Crippen MR) is 117 cm³/mol. The Labute approximate surface area is 178 Å². The Bertz CT molecular complexity index is 559. The lowest BCUT2D eigenvalue weighted by molar-refractivity contribution is -0.121. The number of hydrogen-bond donors (Lipinski definition) is 2. The molecule has 27 heavy (non-hydrogen) atoms. The zero-order chi connectivity index (χ0) is 18.1. The molecule has 0 aromatic heterocycles. The van der Waals surface area contributed by atoms with Crippen molar-refractivity contribution >= 4 is 42.5 Å². The molecule has 1 saturated heterocycles. The van der Waals surface area contributed by atoms with E-state index >= 15 is 0 Å². The van der Waals surface area contributed by atoms with Gasteiger partial charge < -0.3 is 25.0 Å². The Kier molecular flexibility index (Phi) is 13.7. The summed E-state index contributed by atoms with van der Waals surface area (Å²) < 4.78 is 11.2. The second-order valence-electron chi connectivity index (χ2n) is 6.34. The number of thioether (sulfide) groups is 1. The first-order valence-electron chi connectivity index (χ1n) is 8.60. The van der Waals surface area contributed by atoms with Crippen molar-refractivity contribution in [2.45, 2.75) is 19.0 Å². The van der Waals surface area contributed by atoms with Gasteiger partial charge in [-0.1, -0.05) is 6.07 Å². The van der Waals surface area contributed by atoms with E-state index in [0.29, 0.717) is 25.3 Å². The number of halogens is 2. The highest BCUT2D eigenvalue weighted by molar-refractivity contribution is 7.99. The van der Waals surface area contributed by atoms with E-state index in [2.05, 4.69) is 15.5 Å². The second kappa shape index (κ2) is 14.2. The molecule has 0 aliphatic carbocycles. The number of amides is 1. The van der Waals surface area contributed by atoms with Crippen LogP contribution in [0.4, 0.5) is 0 Å². The van der Waals surface area contributed by atoms with Crippen molar-refractivity contribution in [3.05, 3.63) is 23.8 Å². The molecule has 1 aromatic carbocycles. The SMILES string of the molecule is COc1cc(CNC(=O)CC2CSCCN2)ccc1OCCN(C)C.Cl.Cl. The van der Waals surface area contributed by atoms with Gasteiger partial charge in [-0.2, -0.15) is 11.8 Å². The fourth-order valence-corrected chi connectivity index (χ4v) is 3.48. The molecule has 1 unspecified atom stereocenters. The largest absolute Gasteiger partial charge is 0.493 e. The molecule has 156 valence electrons. The fourth-order valence-electron chi connectivity index (χ4n) is 2.53. The molecular formula is C18H31Cl2N3O3S. The molecule has 0 bridgehead atoms. The Morgan fingerprint density at radius 1 is 1.33 bits per heavy atom. The zero-order valence-electron chi connectivity index (χ0n) is 16.2. The van der Waals surface area contributed by atoms with Crippen molar-refractivity contribution in [3.63, 3.8) is 0 Å². The Balaban J connectivity index is 0.00000338. The number of methoxy groups -OCH3 is 1. The molecule has 2 rings (SSSR count). The van der Waals surface area contributed by atoms with Gasteiger partial charge in [-0.25, -0.2) is 0 Å². The molecule has 9 heteroatoms. The molecule has 2 N–H and O–H groups in total. The summed E-state index contributed by atoms with van der Waals surface area (Å²) in [5, 5.41) is 6.36. The number of ether oxygens (including phenoxy) is 2. The van der Waals surface area contributed by atoms with Crippen LogP contribution >= 0.6 is 36.6 Å². The third-order valence-electron chi connectivity index (χ3n) is 3.94. The van der Waals surface area contributed by atoms with E-state index in [1.54, 1.807) is 7.11 Å². The number of likely N-dealkylation sites (N-methyl/N-ethyl adjacent to an activating group) is 1. The Hall–Kier alpha value is -0.860. The van der Waals surface area contributed by atoms with Crippen molar-refractivity contribution in [1.29, 1.82) is 0 Å². The van der Waals surface area contributed by atoms with Crippen molar-refractivity contribution in [2.75, 3.05) is 52.4 Å². The van der Waals surface area contributed by atoms with Crippen LogP contribution in [0.1, 0.15) is 12.0 Å². The van der Waals surface area contributed by atoms with Crippen LogP contribution in [0.2, 0.25) is 0 Å². The summed E-state index contributed by atoms with van der Waals surface area (Å²) in [6.45, 7) is 2.92. The third kappa shape index (κ3) is 9.76. The van der Waals surface area contributed by atoms with Crippen LogP contribution in [-0.4, -0.2) is 69.3 Å². The first-order chi connectivity index (χ1) is 12.1. The van der Waals surface area contributed by atoms with Crippen molar-refractivity contribution in [1.82, 2.24) is 15.5 Å². The summed E-state index contributed by atoms with van der Waals surface area (Å²) in [6, 6.07) is 6.05. The summed E-state index contributed by atoms with van der Waals surface area (Å²) in [7, 11) is 5.64. The van der Waals surface area contributed by atoms with E-state index in [0.717, 1.165) is 35.9 Å². The number of carbonyl (C=O) groups is 1. The quantitative estimate of drug-likeness (QED) is 0.614. The molecular weight excluding hydrogens is 409 g/mol. The van der Waals surface area contributed by atoms with Crippen LogP contribution in [0.25, 0.3) is 0 Å². The summed E-state index contributed by atoms with van der Waals surface area (Å²) in [5.74, 6) is 3.62. The van der Waals surface area contributed by atoms with Gasteiger partial charge in [0.15, 0.2) is 11.5 Å². The molecule has 1 atom stereocenters. The van der Waals surface area contributed by atoms with Gasteiger partial charge in [0.1, 0.15) is 6.61 Å². The van der Waals surface area contributed by atoms with Gasteiger partial charge in [0.25, 0.3) is 0 Å². The molecule has 6 nitrogen and oxygen atoms in total. The standard InChI is InChI=1S/C18H29N3O3S.2ClH/c1-21(2)7-8-24-16-5-4-14(10-17(16)23-3)12-20-18(22)11-15-13-25-9-6-19-15;;/h4-5,10,15,19H,6-9,11-13H2,1-3H3,(H,20,22);2*1H. The predicted octanol–water partition coefficient (Wildman–Crippen LogP) is 2.19. The first-order valence-corrected chi connectivity index (χ1v) is 9.76. The molecule has 0 spiro atoms.